The molecule has 1 aliphatic rings. The molecule has 0 saturated heterocycles. The summed E-state index contributed by atoms with van der Waals surface area (Å²) in [5, 5.41) is -0.285. The van der Waals surface area contributed by atoms with Gasteiger partial charge in [-0.15, -0.1) is 0 Å². The van der Waals surface area contributed by atoms with Crippen LogP contribution in [0.3, 0.4) is 0 Å². The Labute approximate surface area is 76.4 Å². The second kappa shape index (κ2) is 3.14. The molecule has 0 radical (unpaired) electrons. The van der Waals surface area contributed by atoms with Gasteiger partial charge in [0.05, 0.1) is 5.57 Å². The molecule has 1 rings (SSSR count). The summed E-state index contributed by atoms with van der Waals surface area (Å²) >= 11 is 5.31. The largest absolute Gasteiger partial charge is 0.455 e. The molecule has 1 aliphatic carbocycles. The van der Waals surface area contributed by atoms with Crippen molar-refractivity contribution in [3.05, 3.63) is 10.6 Å². The molecule has 0 aromatic carbocycles. The van der Waals surface area contributed by atoms with Crippen molar-refractivity contribution in [3.8, 4) is 0 Å². The van der Waals surface area contributed by atoms with Crippen molar-refractivity contribution < 1.29 is 22.8 Å². The van der Waals surface area contributed by atoms with Crippen LogP contribution in [0.5, 0.6) is 0 Å². The molecule has 0 unspecified atom stereocenters. The van der Waals surface area contributed by atoms with E-state index < -0.39 is 23.3 Å². The zero-order chi connectivity index (χ0) is 10.2. The Morgan fingerprint density at radius 3 is 2.15 bits per heavy atom. The average molecular weight is 213 g/mol. The first-order valence-electron chi connectivity index (χ1n) is 3.37. The van der Waals surface area contributed by atoms with E-state index in [0.717, 1.165) is 0 Å². The highest BCUT2D eigenvalue weighted by molar-refractivity contribution is 6.39. The van der Waals surface area contributed by atoms with Gasteiger partial charge in [-0.3, -0.25) is 9.59 Å². The van der Waals surface area contributed by atoms with E-state index in [1.165, 1.54) is 0 Å². The zero-order valence-corrected chi connectivity index (χ0v) is 7.00. The van der Waals surface area contributed by atoms with Crippen molar-refractivity contribution in [2.45, 2.75) is 19.0 Å². The van der Waals surface area contributed by atoms with E-state index in [2.05, 4.69) is 0 Å². The van der Waals surface area contributed by atoms with Crippen LogP contribution < -0.4 is 0 Å². The van der Waals surface area contributed by atoms with Crippen LogP contribution in [-0.4, -0.2) is 17.7 Å². The van der Waals surface area contributed by atoms with Crippen LogP contribution in [-0.2, 0) is 9.59 Å². The highest BCUT2D eigenvalue weighted by Crippen LogP contribution is 2.31. The first-order valence-corrected chi connectivity index (χ1v) is 3.75. The summed E-state index contributed by atoms with van der Waals surface area (Å²) in [7, 11) is 0. The quantitative estimate of drug-likeness (QED) is 0.623. The van der Waals surface area contributed by atoms with Gasteiger partial charge in [0.25, 0.3) is 5.78 Å². The third kappa shape index (κ3) is 1.91. The Morgan fingerprint density at radius 1 is 1.31 bits per heavy atom. The molecule has 0 bridgehead atoms. The molecule has 0 spiro atoms. The van der Waals surface area contributed by atoms with E-state index in [1.807, 2.05) is 0 Å². The van der Waals surface area contributed by atoms with Crippen molar-refractivity contribution in [3.63, 3.8) is 0 Å². The molecule has 0 aliphatic heterocycles. The van der Waals surface area contributed by atoms with Crippen LogP contribution in [0.2, 0.25) is 0 Å². The lowest BCUT2D eigenvalue weighted by Crippen LogP contribution is -2.27. The third-order valence-electron chi connectivity index (χ3n) is 1.61. The van der Waals surface area contributed by atoms with E-state index >= 15 is 0 Å². The maximum Gasteiger partial charge on any atom is 0.455 e. The Bertz CT molecular complexity index is 303. The number of alkyl halides is 3. The Hall–Kier alpha value is -0.840. The van der Waals surface area contributed by atoms with E-state index in [-0.39, 0.29) is 17.9 Å². The van der Waals surface area contributed by atoms with Crippen molar-refractivity contribution in [2.24, 2.45) is 0 Å². The van der Waals surface area contributed by atoms with Crippen molar-refractivity contribution in [1.82, 2.24) is 0 Å². The normalized spacial score (nSPS) is 18.3. The van der Waals surface area contributed by atoms with Crippen LogP contribution in [0.1, 0.15) is 12.8 Å². The van der Waals surface area contributed by atoms with Crippen LogP contribution >= 0.6 is 11.6 Å². The molecule has 0 heterocycles. The number of rotatable bonds is 1. The van der Waals surface area contributed by atoms with Crippen LogP contribution in [0.4, 0.5) is 13.2 Å². The monoisotopic (exact) mass is 212 g/mol. The van der Waals surface area contributed by atoms with Crippen molar-refractivity contribution in [2.75, 3.05) is 0 Å². The molecular formula is C7H4ClF3O2. The van der Waals surface area contributed by atoms with Gasteiger partial charge in [0.2, 0.25) is 0 Å². The topological polar surface area (TPSA) is 34.1 Å². The molecule has 72 valence electrons. The Morgan fingerprint density at radius 2 is 1.85 bits per heavy atom. The first-order chi connectivity index (χ1) is 5.84. The number of hydrogen-bond donors (Lipinski definition) is 0. The fraction of sp³-hybridized carbons (Fsp3) is 0.429. The molecule has 13 heavy (non-hydrogen) atoms. The number of carbonyl (C=O) groups excluding carboxylic acids is 2. The minimum atomic E-state index is -5.02. The van der Waals surface area contributed by atoms with Crippen molar-refractivity contribution in [1.29, 1.82) is 0 Å². The smallest absolute Gasteiger partial charge is 0.294 e. The Kier molecular flexibility index (Phi) is 2.47. The number of halogens is 4. The van der Waals surface area contributed by atoms with Gasteiger partial charge in [-0.05, 0) is 6.42 Å². The van der Waals surface area contributed by atoms with Crippen LogP contribution in [0.25, 0.3) is 0 Å². The van der Waals surface area contributed by atoms with E-state index in [0.29, 0.717) is 0 Å². The van der Waals surface area contributed by atoms with Gasteiger partial charge in [-0.1, -0.05) is 11.6 Å². The number of allylic oxidation sites excluding steroid dienone is 2. The molecule has 2 nitrogen and oxygen atoms in total. The molecule has 0 amide bonds. The molecule has 0 N–H and O–H groups in total. The summed E-state index contributed by atoms with van der Waals surface area (Å²) in [6.45, 7) is 0. The molecule has 0 fully saturated rings. The summed E-state index contributed by atoms with van der Waals surface area (Å²) in [5.74, 6) is -2.97. The third-order valence-corrected chi connectivity index (χ3v) is 1.98. The van der Waals surface area contributed by atoms with Crippen LogP contribution in [0.15, 0.2) is 10.6 Å². The lowest BCUT2D eigenvalue weighted by atomic mass is 10.1. The van der Waals surface area contributed by atoms with E-state index in [1.54, 1.807) is 0 Å². The van der Waals surface area contributed by atoms with Gasteiger partial charge in [-0.2, -0.15) is 13.2 Å². The molecule has 0 atom stereocenters. The summed E-state index contributed by atoms with van der Waals surface area (Å²) in [4.78, 5) is 21.4. The second-order valence-corrected chi connectivity index (χ2v) is 2.99. The number of hydrogen-bond acceptors (Lipinski definition) is 2. The predicted molar refractivity (Wildman–Crippen MR) is 38.2 cm³/mol. The van der Waals surface area contributed by atoms with E-state index in [4.69, 9.17) is 11.6 Å². The van der Waals surface area contributed by atoms with Gasteiger partial charge < -0.3 is 0 Å². The van der Waals surface area contributed by atoms with Crippen LogP contribution in [0, 0.1) is 0 Å². The lowest BCUT2D eigenvalue weighted by Gasteiger charge is -2.04. The SMILES string of the molecule is O=C1CCC(Cl)=C1C(=O)C(F)(F)F. The van der Waals surface area contributed by atoms with E-state index in [9.17, 15) is 22.8 Å². The standard InChI is InChI=1S/C7H4ClF3O2/c8-3-1-2-4(12)5(3)6(13)7(9,10)11/h1-2H2. The predicted octanol–water partition coefficient (Wildman–Crippen LogP) is 1.97. The maximum atomic E-state index is 11.9. The fourth-order valence-corrected chi connectivity index (χ4v) is 1.30. The molecule has 0 aromatic rings. The number of ketones is 2. The molecule has 0 aromatic heterocycles. The first kappa shape index (κ1) is 10.2. The van der Waals surface area contributed by atoms with Gasteiger partial charge in [0, 0.05) is 11.5 Å². The minimum Gasteiger partial charge on any atom is -0.294 e. The number of Topliss-reactive ketones (excluding diaryl/α,β-unsaturated/α-hetero) is 2. The lowest BCUT2D eigenvalue weighted by molar-refractivity contribution is -0.167. The minimum absolute atomic E-state index is 0.0253. The second-order valence-electron chi connectivity index (χ2n) is 2.53. The molecule has 0 saturated carbocycles. The summed E-state index contributed by atoms with van der Waals surface area (Å²) in [6, 6.07) is 0. The van der Waals surface area contributed by atoms with Gasteiger partial charge in [-0.25, -0.2) is 0 Å². The maximum absolute atomic E-state index is 11.9. The number of carbonyl (C=O) groups is 2. The van der Waals surface area contributed by atoms with Gasteiger partial charge >= 0.3 is 6.18 Å². The van der Waals surface area contributed by atoms with Gasteiger partial charge in [0.1, 0.15) is 0 Å². The molecular weight excluding hydrogens is 209 g/mol. The summed E-state index contributed by atoms with van der Waals surface area (Å²) in [6.07, 6.45) is -5.11. The van der Waals surface area contributed by atoms with Crippen molar-refractivity contribution >= 4 is 23.2 Å². The zero-order valence-electron chi connectivity index (χ0n) is 6.24. The Balaban J connectivity index is 3.02. The molecule has 6 heteroatoms. The summed E-state index contributed by atoms with van der Waals surface area (Å²) < 4.78 is 35.6. The summed E-state index contributed by atoms with van der Waals surface area (Å²) in [5.41, 5.74) is -0.894. The highest BCUT2D eigenvalue weighted by Gasteiger charge is 2.45. The fourth-order valence-electron chi connectivity index (χ4n) is 1.02. The average Bonchev–Trinajstić information content (AvgIpc) is 2.28. The highest BCUT2D eigenvalue weighted by atomic mass is 35.5. The van der Waals surface area contributed by atoms with Gasteiger partial charge in [0.15, 0.2) is 5.78 Å².